The summed E-state index contributed by atoms with van der Waals surface area (Å²) in [6.07, 6.45) is 0.0869. The van der Waals surface area contributed by atoms with E-state index in [0.717, 1.165) is 11.1 Å². The summed E-state index contributed by atoms with van der Waals surface area (Å²) in [4.78, 5) is 17.1. The molecule has 0 atom stereocenters. The SMILES string of the molecule is CCn1nc(-c2ccc(Cl)c(OC(C)C)c2)nc1CC(=O)NCc1cccc(C#N)c1. The van der Waals surface area contributed by atoms with Crippen LogP contribution in [0, 0.1) is 11.3 Å². The number of rotatable bonds is 8. The van der Waals surface area contributed by atoms with E-state index in [4.69, 9.17) is 21.6 Å². The maximum atomic E-state index is 12.5. The first-order chi connectivity index (χ1) is 14.9. The Bertz CT molecular complexity index is 1120. The lowest BCUT2D eigenvalue weighted by atomic mass is 10.1. The number of nitriles is 1. The molecule has 1 heterocycles. The van der Waals surface area contributed by atoms with Crippen molar-refractivity contribution < 1.29 is 9.53 Å². The minimum Gasteiger partial charge on any atom is -0.489 e. The predicted octanol–water partition coefficient (Wildman–Crippen LogP) is 4.14. The third-order valence-electron chi connectivity index (χ3n) is 4.46. The fourth-order valence-corrected chi connectivity index (χ4v) is 3.19. The summed E-state index contributed by atoms with van der Waals surface area (Å²) in [7, 11) is 0. The number of ether oxygens (including phenoxy) is 1. The van der Waals surface area contributed by atoms with E-state index >= 15 is 0 Å². The second kappa shape index (κ2) is 10.1. The zero-order valence-corrected chi connectivity index (χ0v) is 18.5. The number of amides is 1. The Hall–Kier alpha value is -3.37. The number of carbonyl (C=O) groups is 1. The van der Waals surface area contributed by atoms with Crippen LogP contribution in [0.1, 0.15) is 37.7 Å². The molecular formula is C23H24ClN5O2. The van der Waals surface area contributed by atoms with Gasteiger partial charge < -0.3 is 10.1 Å². The third kappa shape index (κ3) is 5.83. The summed E-state index contributed by atoms with van der Waals surface area (Å²) in [5.41, 5.74) is 2.19. The minimum absolute atomic E-state index is 0.0120. The molecule has 3 aromatic rings. The lowest BCUT2D eigenvalue weighted by molar-refractivity contribution is -0.120. The highest BCUT2D eigenvalue weighted by atomic mass is 35.5. The Kier molecular flexibility index (Phi) is 7.27. The Morgan fingerprint density at radius 3 is 2.81 bits per heavy atom. The second-order valence-electron chi connectivity index (χ2n) is 7.24. The van der Waals surface area contributed by atoms with Crippen molar-refractivity contribution in [2.24, 2.45) is 0 Å². The molecule has 1 amide bonds. The molecule has 0 aliphatic carbocycles. The molecule has 0 aliphatic heterocycles. The molecule has 0 unspecified atom stereocenters. The van der Waals surface area contributed by atoms with Gasteiger partial charge in [-0.25, -0.2) is 9.67 Å². The maximum absolute atomic E-state index is 12.5. The van der Waals surface area contributed by atoms with Gasteiger partial charge in [-0.3, -0.25) is 4.79 Å². The van der Waals surface area contributed by atoms with Crippen molar-refractivity contribution in [2.45, 2.75) is 46.4 Å². The summed E-state index contributed by atoms with van der Waals surface area (Å²) >= 11 is 6.22. The van der Waals surface area contributed by atoms with Gasteiger partial charge in [0.15, 0.2) is 5.82 Å². The van der Waals surface area contributed by atoms with E-state index in [1.54, 1.807) is 28.9 Å². The van der Waals surface area contributed by atoms with Crippen molar-refractivity contribution in [3.05, 3.63) is 64.4 Å². The summed E-state index contributed by atoms with van der Waals surface area (Å²) in [6, 6.07) is 14.6. The normalized spacial score (nSPS) is 10.7. The van der Waals surface area contributed by atoms with Crippen LogP contribution in [0.3, 0.4) is 0 Å². The van der Waals surface area contributed by atoms with Gasteiger partial charge in [-0.15, -0.1) is 0 Å². The van der Waals surface area contributed by atoms with Crippen molar-refractivity contribution in [1.29, 1.82) is 5.26 Å². The summed E-state index contributed by atoms with van der Waals surface area (Å²) in [5, 5.41) is 16.9. The van der Waals surface area contributed by atoms with E-state index in [0.29, 0.717) is 41.1 Å². The molecule has 2 aromatic carbocycles. The largest absolute Gasteiger partial charge is 0.489 e. The van der Waals surface area contributed by atoms with Crippen molar-refractivity contribution in [3.8, 4) is 23.2 Å². The van der Waals surface area contributed by atoms with Crippen molar-refractivity contribution in [3.63, 3.8) is 0 Å². The topological polar surface area (TPSA) is 92.8 Å². The molecule has 8 heteroatoms. The predicted molar refractivity (Wildman–Crippen MR) is 119 cm³/mol. The molecule has 7 nitrogen and oxygen atoms in total. The van der Waals surface area contributed by atoms with Crippen LogP contribution < -0.4 is 10.1 Å². The highest BCUT2D eigenvalue weighted by Crippen LogP contribution is 2.30. The number of hydrogen-bond acceptors (Lipinski definition) is 5. The first-order valence-corrected chi connectivity index (χ1v) is 10.4. The van der Waals surface area contributed by atoms with Gasteiger partial charge in [-0.1, -0.05) is 23.7 Å². The van der Waals surface area contributed by atoms with Crippen LogP contribution in [0.2, 0.25) is 5.02 Å². The van der Waals surface area contributed by atoms with Crippen LogP contribution in [-0.2, 0) is 24.3 Å². The first-order valence-electron chi connectivity index (χ1n) is 10.1. The molecule has 0 saturated heterocycles. The molecule has 1 aromatic heterocycles. The number of aryl methyl sites for hydroxylation is 1. The van der Waals surface area contributed by atoms with Crippen LogP contribution in [0.4, 0.5) is 0 Å². The van der Waals surface area contributed by atoms with E-state index in [1.165, 1.54) is 0 Å². The summed E-state index contributed by atoms with van der Waals surface area (Å²) in [5.74, 6) is 1.48. The number of nitrogens with one attached hydrogen (secondary N) is 1. The molecular weight excluding hydrogens is 414 g/mol. The monoisotopic (exact) mass is 437 g/mol. The molecule has 31 heavy (non-hydrogen) atoms. The van der Waals surface area contributed by atoms with Crippen LogP contribution in [0.15, 0.2) is 42.5 Å². The van der Waals surface area contributed by atoms with Gasteiger partial charge in [0.25, 0.3) is 0 Å². The minimum atomic E-state index is -0.170. The van der Waals surface area contributed by atoms with Crippen LogP contribution >= 0.6 is 11.6 Å². The Labute approximate surface area is 186 Å². The third-order valence-corrected chi connectivity index (χ3v) is 4.78. The quantitative estimate of drug-likeness (QED) is 0.571. The summed E-state index contributed by atoms with van der Waals surface area (Å²) in [6.45, 7) is 6.74. The van der Waals surface area contributed by atoms with E-state index in [1.807, 2.05) is 39.0 Å². The first kappa shape index (κ1) is 22.3. The number of aromatic nitrogens is 3. The molecule has 0 aliphatic rings. The van der Waals surface area contributed by atoms with Crippen molar-refractivity contribution >= 4 is 17.5 Å². The van der Waals surface area contributed by atoms with E-state index in [-0.39, 0.29) is 18.4 Å². The number of nitrogens with zero attached hydrogens (tertiary/aromatic N) is 4. The van der Waals surface area contributed by atoms with Crippen LogP contribution in [0.25, 0.3) is 11.4 Å². The molecule has 1 N–H and O–H groups in total. The lowest BCUT2D eigenvalue weighted by Gasteiger charge is -2.11. The number of carbonyl (C=O) groups excluding carboxylic acids is 1. The van der Waals surface area contributed by atoms with Gasteiger partial charge in [0.2, 0.25) is 5.91 Å². The lowest BCUT2D eigenvalue weighted by Crippen LogP contribution is -2.26. The number of benzene rings is 2. The Morgan fingerprint density at radius 2 is 2.10 bits per heavy atom. The molecule has 0 spiro atoms. The summed E-state index contributed by atoms with van der Waals surface area (Å²) < 4.78 is 7.46. The maximum Gasteiger partial charge on any atom is 0.227 e. The fraction of sp³-hybridized carbons (Fsp3) is 0.304. The molecule has 0 radical (unpaired) electrons. The number of halogens is 1. The van der Waals surface area contributed by atoms with Crippen LogP contribution in [-0.4, -0.2) is 26.8 Å². The molecule has 0 bridgehead atoms. The van der Waals surface area contributed by atoms with Gasteiger partial charge in [0, 0.05) is 18.7 Å². The van der Waals surface area contributed by atoms with Gasteiger partial charge in [-0.05, 0) is 56.7 Å². The molecule has 160 valence electrons. The van der Waals surface area contributed by atoms with E-state index < -0.39 is 0 Å². The fourth-order valence-electron chi connectivity index (χ4n) is 3.02. The van der Waals surface area contributed by atoms with E-state index in [9.17, 15) is 4.79 Å². The Balaban J connectivity index is 1.73. The average molecular weight is 438 g/mol. The number of hydrogen-bond donors (Lipinski definition) is 1. The van der Waals surface area contributed by atoms with Gasteiger partial charge in [0.05, 0.1) is 29.2 Å². The Morgan fingerprint density at radius 1 is 1.29 bits per heavy atom. The van der Waals surface area contributed by atoms with Crippen LogP contribution in [0.5, 0.6) is 5.75 Å². The van der Waals surface area contributed by atoms with Gasteiger partial charge in [-0.2, -0.15) is 10.4 Å². The zero-order valence-electron chi connectivity index (χ0n) is 17.7. The zero-order chi connectivity index (χ0) is 22.4. The van der Waals surface area contributed by atoms with Crippen molar-refractivity contribution in [1.82, 2.24) is 20.1 Å². The standard InChI is InChI=1S/C23H24ClN5O2/c1-4-29-21(12-22(30)26-14-17-7-5-6-16(10-17)13-25)27-23(28-29)18-8-9-19(24)20(11-18)31-15(2)3/h5-11,15H,4,12,14H2,1-3H3,(H,26,30). The second-order valence-corrected chi connectivity index (χ2v) is 7.65. The molecule has 0 saturated carbocycles. The van der Waals surface area contributed by atoms with Gasteiger partial charge >= 0.3 is 0 Å². The van der Waals surface area contributed by atoms with E-state index in [2.05, 4.69) is 21.5 Å². The average Bonchev–Trinajstić information content (AvgIpc) is 3.16. The van der Waals surface area contributed by atoms with Crippen molar-refractivity contribution in [2.75, 3.05) is 0 Å². The highest BCUT2D eigenvalue weighted by Gasteiger charge is 2.16. The molecule has 0 fully saturated rings. The highest BCUT2D eigenvalue weighted by molar-refractivity contribution is 6.32. The van der Waals surface area contributed by atoms with Gasteiger partial charge in [0.1, 0.15) is 11.6 Å². The molecule has 3 rings (SSSR count). The smallest absolute Gasteiger partial charge is 0.227 e.